The number of fused-ring (bicyclic) bond motifs is 1. The van der Waals surface area contributed by atoms with Crippen LogP contribution in [0, 0.1) is 11.3 Å². The number of aromatic nitrogens is 3. The molecule has 0 aliphatic heterocycles. The van der Waals surface area contributed by atoms with Crippen LogP contribution in [0.4, 0.5) is 5.69 Å². The fourth-order valence-corrected chi connectivity index (χ4v) is 6.13. The summed E-state index contributed by atoms with van der Waals surface area (Å²) in [6.07, 6.45) is 4.70. The smallest absolute Gasteiger partial charge is 0.270 e. The first-order valence-electron chi connectivity index (χ1n) is 10.8. The lowest BCUT2D eigenvalue weighted by Crippen LogP contribution is -2.49. The molecule has 1 saturated carbocycles. The van der Waals surface area contributed by atoms with Crippen LogP contribution >= 0.6 is 11.3 Å². The number of sulfonamides is 1. The number of benzene rings is 1. The zero-order chi connectivity index (χ0) is 24.6. The summed E-state index contributed by atoms with van der Waals surface area (Å²) >= 11 is 1.36. The maximum atomic E-state index is 12.7. The minimum Gasteiger partial charge on any atom is -0.381 e. The van der Waals surface area contributed by atoms with Gasteiger partial charge in [0.25, 0.3) is 5.91 Å². The molecule has 12 heteroatoms. The minimum absolute atomic E-state index is 0.0331. The first-order valence-corrected chi connectivity index (χ1v) is 13.2. The zero-order valence-electron chi connectivity index (χ0n) is 18.6. The molecule has 3 heterocycles. The average molecular weight is 508 g/mol. The van der Waals surface area contributed by atoms with E-state index in [0.29, 0.717) is 34.8 Å². The number of aromatic amines is 1. The third kappa shape index (κ3) is 4.49. The second-order valence-corrected chi connectivity index (χ2v) is 10.7. The Morgan fingerprint density at radius 1 is 1.26 bits per heavy atom. The Labute approximate surface area is 205 Å². The molecule has 178 valence electrons. The molecule has 1 aliphatic carbocycles. The van der Waals surface area contributed by atoms with Gasteiger partial charge < -0.3 is 15.6 Å². The van der Waals surface area contributed by atoms with Gasteiger partial charge in [-0.3, -0.25) is 4.79 Å². The van der Waals surface area contributed by atoms with Crippen molar-refractivity contribution < 1.29 is 13.2 Å². The van der Waals surface area contributed by atoms with Crippen molar-refractivity contribution in [1.29, 1.82) is 5.26 Å². The number of amides is 1. The quantitative estimate of drug-likeness (QED) is 0.300. The maximum Gasteiger partial charge on any atom is 0.270 e. The summed E-state index contributed by atoms with van der Waals surface area (Å²) in [6, 6.07) is 9.65. The highest BCUT2D eigenvalue weighted by Gasteiger charge is 2.34. The van der Waals surface area contributed by atoms with E-state index in [9.17, 15) is 13.2 Å². The molecule has 0 atom stereocenters. The van der Waals surface area contributed by atoms with Crippen LogP contribution in [0.2, 0.25) is 0 Å². The first kappa shape index (κ1) is 23.0. The Morgan fingerprint density at radius 2 is 2.09 bits per heavy atom. The standard InChI is InChI=1S/C23H21N7O3S2/c1-25-22(31)19-12-34-23(29-19)18-11-27-21-17(5-6-26-21)20(18)28-14-8-15(9-14)30-35(32,33)16-4-2-3-13(7-16)10-24/h2-7,11-12,14-15,30H,8-9H2,1H3,(H,25,31)(H2,26,27,28). The third-order valence-electron chi connectivity index (χ3n) is 5.86. The Kier molecular flexibility index (Phi) is 5.98. The monoisotopic (exact) mass is 507 g/mol. The average Bonchev–Trinajstić information content (AvgIpc) is 3.52. The van der Waals surface area contributed by atoms with Gasteiger partial charge in [-0.15, -0.1) is 11.3 Å². The van der Waals surface area contributed by atoms with Crippen LogP contribution < -0.4 is 15.4 Å². The van der Waals surface area contributed by atoms with Gasteiger partial charge in [0.1, 0.15) is 16.3 Å². The predicted molar refractivity (Wildman–Crippen MR) is 133 cm³/mol. The zero-order valence-corrected chi connectivity index (χ0v) is 20.2. The summed E-state index contributed by atoms with van der Waals surface area (Å²) in [7, 11) is -2.17. The van der Waals surface area contributed by atoms with Crippen LogP contribution in [0.3, 0.4) is 0 Å². The predicted octanol–water partition coefficient (Wildman–Crippen LogP) is 2.84. The summed E-state index contributed by atoms with van der Waals surface area (Å²) < 4.78 is 28.2. The largest absolute Gasteiger partial charge is 0.381 e. The van der Waals surface area contributed by atoms with Crippen LogP contribution in [-0.2, 0) is 10.0 Å². The van der Waals surface area contributed by atoms with Crippen molar-refractivity contribution >= 4 is 44.0 Å². The second kappa shape index (κ2) is 9.10. The number of hydrogen-bond acceptors (Lipinski definition) is 8. The van der Waals surface area contributed by atoms with Gasteiger partial charge in [0, 0.05) is 42.3 Å². The molecule has 3 aromatic heterocycles. The number of nitriles is 1. The molecule has 1 aliphatic rings. The molecule has 0 bridgehead atoms. The van der Waals surface area contributed by atoms with Gasteiger partial charge in [-0.25, -0.2) is 23.1 Å². The van der Waals surface area contributed by atoms with Gasteiger partial charge in [-0.2, -0.15) is 5.26 Å². The number of nitrogens with zero attached hydrogens (tertiary/aromatic N) is 3. The summed E-state index contributed by atoms with van der Waals surface area (Å²) in [5.74, 6) is -0.257. The fraction of sp³-hybridized carbons (Fsp3) is 0.217. The van der Waals surface area contributed by atoms with Gasteiger partial charge in [0.05, 0.1) is 27.8 Å². The number of rotatable bonds is 7. The molecular weight excluding hydrogens is 486 g/mol. The molecule has 4 aromatic rings. The Hall–Kier alpha value is -3.79. The summed E-state index contributed by atoms with van der Waals surface area (Å²) in [5.41, 5.74) is 2.96. The van der Waals surface area contributed by atoms with E-state index >= 15 is 0 Å². The van der Waals surface area contributed by atoms with Crippen molar-refractivity contribution in [3.05, 3.63) is 59.4 Å². The van der Waals surface area contributed by atoms with Gasteiger partial charge in [0.15, 0.2) is 0 Å². The first-order chi connectivity index (χ1) is 16.9. The molecule has 0 radical (unpaired) electrons. The number of carbonyl (C=O) groups is 1. The van der Waals surface area contributed by atoms with Crippen molar-refractivity contribution in [2.75, 3.05) is 12.4 Å². The summed E-state index contributed by atoms with van der Waals surface area (Å²) in [4.78, 5) is 24.1. The Morgan fingerprint density at radius 3 is 2.86 bits per heavy atom. The van der Waals surface area contributed by atoms with Crippen LogP contribution in [0.1, 0.15) is 28.9 Å². The number of anilines is 1. The number of carbonyl (C=O) groups excluding carboxylic acids is 1. The highest BCUT2D eigenvalue weighted by atomic mass is 32.2. The number of hydrogen-bond donors (Lipinski definition) is 4. The van der Waals surface area contributed by atoms with E-state index in [0.717, 1.165) is 16.6 Å². The van der Waals surface area contributed by atoms with Crippen LogP contribution in [0.25, 0.3) is 21.6 Å². The highest BCUT2D eigenvalue weighted by molar-refractivity contribution is 7.89. The number of nitrogens with one attached hydrogen (secondary N) is 4. The van der Waals surface area contributed by atoms with Crippen molar-refractivity contribution in [1.82, 2.24) is 25.0 Å². The third-order valence-corrected chi connectivity index (χ3v) is 8.26. The van der Waals surface area contributed by atoms with Crippen LogP contribution in [0.15, 0.2) is 53.0 Å². The number of H-pyrrole nitrogens is 1. The van der Waals surface area contributed by atoms with Gasteiger partial charge >= 0.3 is 0 Å². The van der Waals surface area contributed by atoms with E-state index < -0.39 is 10.0 Å². The molecule has 35 heavy (non-hydrogen) atoms. The van der Waals surface area contributed by atoms with Gasteiger partial charge in [-0.1, -0.05) is 6.07 Å². The van der Waals surface area contributed by atoms with Crippen molar-refractivity contribution in [2.24, 2.45) is 0 Å². The van der Waals surface area contributed by atoms with Crippen molar-refractivity contribution in [2.45, 2.75) is 29.8 Å². The second-order valence-electron chi connectivity index (χ2n) is 8.17. The van der Waals surface area contributed by atoms with Crippen LogP contribution in [-0.4, -0.2) is 48.4 Å². The fourth-order valence-electron chi connectivity index (χ4n) is 4.01. The number of thiazole rings is 1. The van der Waals surface area contributed by atoms with Crippen molar-refractivity contribution in [3.63, 3.8) is 0 Å². The van der Waals surface area contributed by atoms with E-state index in [1.807, 2.05) is 12.1 Å². The number of pyridine rings is 1. The maximum absolute atomic E-state index is 12.7. The van der Waals surface area contributed by atoms with E-state index in [4.69, 9.17) is 5.26 Å². The lowest BCUT2D eigenvalue weighted by molar-refractivity contribution is 0.0959. The molecule has 10 nitrogen and oxygen atoms in total. The normalized spacial score (nSPS) is 17.5. The molecule has 1 aromatic carbocycles. The van der Waals surface area contributed by atoms with E-state index in [-0.39, 0.29) is 22.9 Å². The van der Waals surface area contributed by atoms with E-state index in [2.05, 4.69) is 30.3 Å². The SMILES string of the molecule is CNC(=O)c1csc(-c2cnc3[nH]ccc3c2NC2CC(NS(=O)(=O)c3cccc(C#N)c3)C2)n1. The Bertz CT molecular complexity index is 1560. The van der Waals surface area contributed by atoms with Crippen molar-refractivity contribution in [3.8, 4) is 16.6 Å². The Balaban J connectivity index is 1.33. The molecule has 4 N–H and O–H groups in total. The minimum atomic E-state index is -3.72. The topological polar surface area (TPSA) is 153 Å². The van der Waals surface area contributed by atoms with Gasteiger partial charge in [-0.05, 0) is 37.1 Å². The summed E-state index contributed by atoms with van der Waals surface area (Å²) in [5, 5.41) is 18.4. The van der Waals surface area contributed by atoms with Crippen LogP contribution in [0.5, 0.6) is 0 Å². The highest BCUT2D eigenvalue weighted by Crippen LogP contribution is 2.37. The lowest BCUT2D eigenvalue weighted by atomic mass is 9.87. The molecule has 1 amide bonds. The molecule has 5 rings (SSSR count). The lowest BCUT2D eigenvalue weighted by Gasteiger charge is -2.37. The molecule has 0 spiro atoms. The van der Waals surface area contributed by atoms with E-state index in [1.54, 1.807) is 37.0 Å². The molecule has 0 saturated heterocycles. The summed E-state index contributed by atoms with van der Waals surface area (Å²) in [6.45, 7) is 0. The van der Waals surface area contributed by atoms with Gasteiger partial charge in [0.2, 0.25) is 10.0 Å². The molecular formula is C23H21N7O3S2. The molecule has 1 fully saturated rings. The molecule has 0 unspecified atom stereocenters. The van der Waals surface area contributed by atoms with E-state index in [1.165, 1.54) is 23.5 Å².